The van der Waals surface area contributed by atoms with E-state index >= 15 is 0 Å². The van der Waals surface area contributed by atoms with Crippen molar-refractivity contribution in [1.29, 1.82) is 0 Å². The van der Waals surface area contributed by atoms with Crippen LogP contribution in [-0.4, -0.2) is 28.1 Å². The molecule has 0 fully saturated rings. The fraction of sp³-hybridized carbons (Fsp3) is 0.214. The van der Waals surface area contributed by atoms with E-state index in [1.165, 1.54) is 19.5 Å². The fourth-order valence-corrected chi connectivity index (χ4v) is 1.71. The molecular formula is C14H15N3O3. The molecule has 104 valence electrons. The maximum Gasteiger partial charge on any atom is 0.271 e. The van der Waals surface area contributed by atoms with Gasteiger partial charge in [0.15, 0.2) is 0 Å². The summed E-state index contributed by atoms with van der Waals surface area (Å²) < 4.78 is 4.92. The summed E-state index contributed by atoms with van der Waals surface area (Å²) in [5.74, 6) is -0.0578. The molecule has 6 heteroatoms. The molecule has 1 amide bonds. The molecule has 0 aliphatic carbocycles. The number of carbonyl (C=O) groups is 1. The van der Waals surface area contributed by atoms with Gasteiger partial charge in [-0.2, -0.15) is 0 Å². The number of carbonyl (C=O) groups excluding carboxylic acids is 1. The monoisotopic (exact) mass is 273 g/mol. The van der Waals surface area contributed by atoms with Gasteiger partial charge in [0.2, 0.25) is 5.88 Å². The van der Waals surface area contributed by atoms with E-state index in [-0.39, 0.29) is 24.1 Å². The maximum absolute atomic E-state index is 12.0. The van der Waals surface area contributed by atoms with Gasteiger partial charge in [-0.1, -0.05) is 24.3 Å². The van der Waals surface area contributed by atoms with E-state index in [0.717, 1.165) is 11.1 Å². The first-order valence-electron chi connectivity index (χ1n) is 6.06. The SMILES string of the molecule is COc1cncc(C(=O)NCc2ccccc2CO)n1. The molecule has 0 radical (unpaired) electrons. The fourth-order valence-electron chi connectivity index (χ4n) is 1.71. The Kier molecular flexibility index (Phi) is 4.62. The summed E-state index contributed by atoms with van der Waals surface area (Å²) in [6, 6.07) is 7.35. The Bertz CT molecular complexity index is 602. The largest absolute Gasteiger partial charge is 0.480 e. The molecule has 2 N–H and O–H groups in total. The van der Waals surface area contributed by atoms with Crippen LogP contribution in [0.15, 0.2) is 36.7 Å². The number of nitrogens with one attached hydrogen (secondary N) is 1. The Labute approximate surface area is 116 Å². The van der Waals surface area contributed by atoms with Crippen LogP contribution in [0.2, 0.25) is 0 Å². The summed E-state index contributed by atoms with van der Waals surface area (Å²) in [6.07, 6.45) is 2.80. The number of aliphatic hydroxyl groups excluding tert-OH is 1. The molecule has 0 saturated heterocycles. The highest BCUT2D eigenvalue weighted by Gasteiger charge is 2.09. The topological polar surface area (TPSA) is 84.3 Å². The maximum atomic E-state index is 12.0. The number of amides is 1. The van der Waals surface area contributed by atoms with Gasteiger partial charge in [-0.25, -0.2) is 4.98 Å². The van der Waals surface area contributed by atoms with Crippen LogP contribution in [0.1, 0.15) is 21.6 Å². The number of rotatable bonds is 5. The summed E-state index contributed by atoms with van der Waals surface area (Å²) in [4.78, 5) is 19.8. The average molecular weight is 273 g/mol. The van der Waals surface area contributed by atoms with Crippen molar-refractivity contribution < 1.29 is 14.6 Å². The molecule has 0 aliphatic heterocycles. The number of nitrogens with zero attached hydrogens (tertiary/aromatic N) is 2. The van der Waals surface area contributed by atoms with E-state index in [2.05, 4.69) is 15.3 Å². The summed E-state index contributed by atoms with van der Waals surface area (Å²) in [5, 5.41) is 12.0. The molecule has 1 aromatic carbocycles. The Morgan fingerprint density at radius 3 is 2.75 bits per heavy atom. The molecule has 20 heavy (non-hydrogen) atoms. The van der Waals surface area contributed by atoms with Crippen LogP contribution in [0.3, 0.4) is 0 Å². The highest BCUT2D eigenvalue weighted by Crippen LogP contribution is 2.09. The minimum Gasteiger partial charge on any atom is -0.480 e. The second kappa shape index (κ2) is 6.63. The molecule has 6 nitrogen and oxygen atoms in total. The van der Waals surface area contributed by atoms with Gasteiger partial charge in [-0.3, -0.25) is 9.78 Å². The number of aromatic nitrogens is 2. The van der Waals surface area contributed by atoms with Gasteiger partial charge in [0, 0.05) is 6.54 Å². The molecule has 1 heterocycles. The van der Waals surface area contributed by atoms with Crippen molar-refractivity contribution in [2.24, 2.45) is 0 Å². The first kappa shape index (κ1) is 14.0. The summed E-state index contributed by atoms with van der Waals surface area (Å²) >= 11 is 0. The lowest BCUT2D eigenvalue weighted by atomic mass is 10.1. The van der Waals surface area contributed by atoms with E-state index in [1.54, 1.807) is 0 Å². The molecule has 0 unspecified atom stereocenters. The molecule has 1 aromatic heterocycles. The van der Waals surface area contributed by atoms with E-state index < -0.39 is 0 Å². The van der Waals surface area contributed by atoms with Gasteiger partial charge in [0.05, 0.1) is 26.1 Å². The van der Waals surface area contributed by atoms with Crippen LogP contribution in [0.25, 0.3) is 0 Å². The van der Waals surface area contributed by atoms with Crippen molar-refractivity contribution >= 4 is 5.91 Å². The molecular weight excluding hydrogens is 258 g/mol. The second-order valence-corrected chi connectivity index (χ2v) is 4.06. The van der Waals surface area contributed by atoms with Gasteiger partial charge in [-0.05, 0) is 11.1 Å². The zero-order chi connectivity index (χ0) is 14.4. The van der Waals surface area contributed by atoms with Crippen molar-refractivity contribution in [3.63, 3.8) is 0 Å². The van der Waals surface area contributed by atoms with Crippen LogP contribution in [0.4, 0.5) is 0 Å². The van der Waals surface area contributed by atoms with Crippen LogP contribution in [0, 0.1) is 0 Å². The van der Waals surface area contributed by atoms with Crippen molar-refractivity contribution in [2.45, 2.75) is 13.2 Å². The number of methoxy groups -OCH3 is 1. The van der Waals surface area contributed by atoms with Crippen molar-refractivity contribution in [2.75, 3.05) is 7.11 Å². The molecule has 2 rings (SSSR count). The van der Waals surface area contributed by atoms with Gasteiger partial charge >= 0.3 is 0 Å². The van der Waals surface area contributed by atoms with Gasteiger partial charge < -0.3 is 15.2 Å². The minimum absolute atomic E-state index is 0.0645. The van der Waals surface area contributed by atoms with E-state index in [1.807, 2.05) is 24.3 Å². The molecule has 0 aliphatic rings. The first-order chi connectivity index (χ1) is 9.74. The standard InChI is InChI=1S/C14H15N3O3/c1-20-13-8-15-7-12(17-13)14(19)16-6-10-4-2-3-5-11(10)9-18/h2-5,7-8,18H,6,9H2,1H3,(H,16,19). The van der Waals surface area contributed by atoms with E-state index in [0.29, 0.717) is 6.54 Å². The predicted molar refractivity (Wildman–Crippen MR) is 72.1 cm³/mol. The summed E-state index contributed by atoms with van der Waals surface area (Å²) in [5.41, 5.74) is 1.83. The second-order valence-electron chi connectivity index (χ2n) is 4.06. The Balaban J connectivity index is 2.04. The number of ether oxygens (including phenoxy) is 1. The number of hydrogen-bond acceptors (Lipinski definition) is 5. The van der Waals surface area contributed by atoms with Crippen LogP contribution >= 0.6 is 0 Å². The number of benzene rings is 1. The van der Waals surface area contributed by atoms with Crippen LogP contribution in [0.5, 0.6) is 5.88 Å². The van der Waals surface area contributed by atoms with Gasteiger partial charge in [-0.15, -0.1) is 0 Å². The average Bonchev–Trinajstić information content (AvgIpc) is 2.52. The Hall–Kier alpha value is -2.47. The van der Waals surface area contributed by atoms with Crippen LogP contribution in [-0.2, 0) is 13.2 Å². The van der Waals surface area contributed by atoms with Gasteiger partial charge in [0.25, 0.3) is 5.91 Å². The van der Waals surface area contributed by atoms with Gasteiger partial charge in [0.1, 0.15) is 5.69 Å². The first-order valence-corrected chi connectivity index (χ1v) is 6.06. The minimum atomic E-state index is -0.343. The highest BCUT2D eigenvalue weighted by atomic mass is 16.5. The lowest BCUT2D eigenvalue weighted by Gasteiger charge is -2.08. The lowest BCUT2D eigenvalue weighted by molar-refractivity contribution is 0.0944. The summed E-state index contributed by atoms with van der Waals surface area (Å²) in [7, 11) is 1.46. The lowest BCUT2D eigenvalue weighted by Crippen LogP contribution is -2.24. The molecule has 0 saturated carbocycles. The smallest absolute Gasteiger partial charge is 0.271 e. The van der Waals surface area contributed by atoms with Crippen molar-refractivity contribution in [3.8, 4) is 5.88 Å². The number of hydrogen-bond donors (Lipinski definition) is 2. The molecule has 0 atom stereocenters. The van der Waals surface area contributed by atoms with E-state index in [4.69, 9.17) is 4.74 Å². The van der Waals surface area contributed by atoms with E-state index in [9.17, 15) is 9.90 Å². The third-order valence-electron chi connectivity index (χ3n) is 2.78. The molecule has 0 spiro atoms. The Morgan fingerprint density at radius 2 is 2.05 bits per heavy atom. The Morgan fingerprint density at radius 1 is 1.30 bits per heavy atom. The molecule has 2 aromatic rings. The zero-order valence-electron chi connectivity index (χ0n) is 11.0. The normalized spacial score (nSPS) is 10.1. The van der Waals surface area contributed by atoms with Crippen LogP contribution < -0.4 is 10.1 Å². The third-order valence-corrected chi connectivity index (χ3v) is 2.78. The predicted octanol–water partition coefficient (Wildman–Crippen LogP) is 0.907. The highest BCUT2D eigenvalue weighted by molar-refractivity contribution is 5.92. The number of aliphatic hydroxyl groups is 1. The van der Waals surface area contributed by atoms with Crippen molar-refractivity contribution in [3.05, 3.63) is 53.5 Å². The van der Waals surface area contributed by atoms with Crippen molar-refractivity contribution in [1.82, 2.24) is 15.3 Å². The zero-order valence-corrected chi connectivity index (χ0v) is 11.0. The summed E-state index contributed by atoms with van der Waals surface area (Å²) in [6.45, 7) is 0.249. The quantitative estimate of drug-likeness (QED) is 0.845. The molecule has 0 bridgehead atoms. The third kappa shape index (κ3) is 3.30.